The second kappa shape index (κ2) is 7.56. The van der Waals surface area contributed by atoms with Crippen molar-refractivity contribution in [2.24, 2.45) is 0 Å². The van der Waals surface area contributed by atoms with Crippen molar-refractivity contribution in [1.29, 1.82) is 0 Å². The Labute approximate surface area is 171 Å². The number of nitrogens with zero attached hydrogens (tertiary/aromatic N) is 4. The SMILES string of the molecule is Cc1nc(C)c(C(=O)C2=C(O)C(=O)N(Cc3ccccn3)C2c2ccccn2)s1. The van der Waals surface area contributed by atoms with Gasteiger partial charge in [-0.1, -0.05) is 12.1 Å². The molecule has 4 rings (SSSR count). The van der Waals surface area contributed by atoms with E-state index in [1.807, 2.05) is 13.0 Å². The number of carbonyl (C=O) groups excluding carboxylic acids is 2. The number of hydrogen-bond donors (Lipinski definition) is 1. The van der Waals surface area contributed by atoms with E-state index in [4.69, 9.17) is 0 Å². The van der Waals surface area contributed by atoms with Gasteiger partial charge < -0.3 is 10.0 Å². The molecule has 146 valence electrons. The van der Waals surface area contributed by atoms with Crippen molar-refractivity contribution in [3.05, 3.63) is 87.1 Å². The van der Waals surface area contributed by atoms with Gasteiger partial charge >= 0.3 is 0 Å². The quantitative estimate of drug-likeness (QED) is 0.653. The number of aliphatic hydroxyl groups excluding tert-OH is 1. The first-order chi connectivity index (χ1) is 14.0. The molecular weight excluding hydrogens is 388 g/mol. The predicted octanol–water partition coefficient (Wildman–Crippen LogP) is 3.33. The third-order valence-corrected chi connectivity index (χ3v) is 5.76. The fourth-order valence-electron chi connectivity index (χ4n) is 3.42. The highest BCUT2D eigenvalue weighted by Crippen LogP contribution is 2.40. The predicted molar refractivity (Wildman–Crippen MR) is 107 cm³/mol. The summed E-state index contributed by atoms with van der Waals surface area (Å²) in [7, 11) is 0. The Kier molecular flexibility index (Phi) is 4.94. The van der Waals surface area contributed by atoms with Crippen molar-refractivity contribution in [2.75, 3.05) is 0 Å². The first-order valence-electron chi connectivity index (χ1n) is 9.01. The lowest BCUT2D eigenvalue weighted by atomic mass is 9.98. The maximum absolute atomic E-state index is 13.3. The molecule has 0 saturated carbocycles. The number of hydrogen-bond acceptors (Lipinski definition) is 7. The molecule has 1 unspecified atom stereocenters. The molecule has 0 fully saturated rings. The van der Waals surface area contributed by atoms with Crippen LogP contribution in [0, 0.1) is 13.8 Å². The van der Waals surface area contributed by atoms with Gasteiger partial charge in [-0.2, -0.15) is 0 Å². The van der Waals surface area contributed by atoms with Crippen molar-refractivity contribution in [1.82, 2.24) is 19.9 Å². The van der Waals surface area contributed by atoms with E-state index >= 15 is 0 Å². The summed E-state index contributed by atoms with van der Waals surface area (Å²) in [5.74, 6) is -1.57. The first kappa shape index (κ1) is 18.9. The van der Waals surface area contributed by atoms with Gasteiger partial charge in [0.15, 0.2) is 5.76 Å². The summed E-state index contributed by atoms with van der Waals surface area (Å²) in [6.45, 7) is 3.70. The van der Waals surface area contributed by atoms with Gasteiger partial charge in [0.1, 0.15) is 6.04 Å². The third-order valence-electron chi connectivity index (χ3n) is 4.68. The summed E-state index contributed by atoms with van der Waals surface area (Å²) in [4.78, 5) is 41.0. The fourth-order valence-corrected chi connectivity index (χ4v) is 4.30. The molecular formula is C21H18N4O3S. The van der Waals surface area contributed by atoms with Crippen molar-refractivity contribution < 1.29 is 14.7 Å². The standard InChI is InChI=1S/C21H18N4O3S/c1-12-20(29-13(2)24-12)18(26)16-17(15-8-4-6-10-23-15)25(21(28)19(16)27)11-14-7-3-5-9-22-14/h3-10,17,27H,11H2,1-2H3. The summed E-state index contributed by atoms with van der Waals surface area (Å²) >= 11 is 1.25. The highest BCUT2D eigenvalue weighted by molar-refractivity contribution is 7.14. The molecule has 0 bridgehead atoms. The number of amides is 1. The number of aliphatic hydroxyl groups is 1. The summed E-state index contributed by atoms with van der Waals surface area (Å²) < 4.78 is 0. The molecule has 1 N–H and O–H groups in total. The number of aromatic nitrogens is 3. The van der Waals surface area contributed by atoms with Crippen LogP contribution in [-0.4, -0.2) is 36.6 Å². The van der Waals surface area contributed by atoms with Crippen molar-refractivity contribution in [3.8, 4) is 0 Å². The Morgan fingerprint density at radius 3 is 2.45 bits per heavy atom. The lowest BCUT2D eigenvalue weighted by Crippen LogP contribution is -2.31. The average Bonchev–Trinajstić information content (AvgIpc) is 3.19. The molecule has 0 radical (unpaired) electrons. The molecule has 1 aliphatic heterocycles. The Bertz CT molecular complexity index is 1110. The van der Waals surface area contributed by atoms with Gasteiger partial charge in [-0.3, -0.25) is 19.6 Å². The monoisotopic (exact) mass is 406 g/mol. The van der Waals surface area contributed by atoms with Gasteiger partial charge in [-0.25, -0.2) is 4.98 Å². The minimum absolute atomic E-state index is 0.0244. The smallest absolute Gasteiger partial charge is 0.290 e. The van der Waals surface area contributed by atoms with Crippen LogP contribution in [0.5, 0.6) is 0 Å². The lowest BCUT2D eigenvalue weighted by molar-refractivity contribution is -0.130. The molecule has 1 amide bonds. The van der Waals surface area contributed by atoms with E-state index in [1.165, 1.54) is 16.2 Å². The molecule has 1 atom stereocenters. The van der Waals surface area contributed by atoms with Gasteiger partial charge in [0.05, 0.1) is 39.1 Å². The second-order valence-electron chi connectivity index (χ2n) is 6.65. The van der Waals surface area contributed by atoms with Crippen molar-refractivity contribution >= 4 is 23.0 Å². The lowest BCUT2D eigenvalue weighted by Gasteiger charge is -2.25. The molecule has 0 aromatic carbocycles. The van der Waals surface area contributed by atoms with Crippen LogP contribution in [0.15, 0.2) is 60.1 Å². The van der Waals surface area contributed by atoms with Gasteiger partial charge in [0.25, 0.3) is 5.91 Å². The molecule has 0 saturated heterocycles. The normalized spacial score (nSPS) is 16.6. The summed E-state index contributed by atoms with van der Waals surface area (Å²) in [5, 5.41) is 11.4. The number of pyridine rings is 2. The van der Waals surface area contributed by atoms with E-state index < -0.39 is 23.5 Å². The molecule has 29 heavy (non-hydrogen) atoms. The highest BCUT2D eigenvalue weighted by atomic mass is 32.1. The number of carbonyl (C=O) groups is 2. The number of ketones is 1. The van der Waals surface area contributed by atoms with Gasteiger partial charge in [0, 0.05) is 12.4 Å². The maximum Gasteiger partial charge on any atom is 0.290 e. The minimum atomic E-state index is -0.806. The maximum atomic E-state index is 13.3. The van der Waals surface area contributed by atoms with E-state index in [2.05, 4.69) is 15.0 Å². The number of thiazole rings is 1. The van der Waals surface area contributed by atoms with Crippen LogP contribution in [-0.2, 0) is 11.3 Å². The van der Waals surface area contributed by atoms with E-state index in [0.29, 0.717) is 22.0 Å². The molecule has 7 nitrogen and oxygen atoms in total. The van der Waals surface area contributed by atoms with E-state index in [1.54, 1.807) is 49.6 Å². The third kappa shape index (κ3) is 3.42. The molecule has 4 heterocycles. The van der Waals surface area contributed by atoms with Crippen LogP contribution in [0.4, 0.5) is 0 Å². The summed E-state index contributed by atoms with van der Waals surface area (Å²) in [6.07, 6.45) is 3.23. The van der Waals surface area contributed by atoms with Gasteiger partial charge in [-0.05, 0) is 38.1 Å². The molecule has 3 aromatic heterocycles. The van der Waals surface area contributed by atoms with Crippen molar-refractivity contribution in [2.45, 2.75) is 26.4 Å². The van der Waals surface area contributed by atoms with Crippen LogP contribution >= 0.6 is 11.3 Å². The molecule has 1 aliphatic rings. The second-order valence-corrected chi connectivity index (χ2v) is 7.85. The molecule has 8 heteroatoms. The largest absolute Gasteiger partial charge is 0.503 e. The Morgan fingerprint density at radius 2 is 1.86 bits per heavy atom. The molecule has 0 spiro atoms. The zero-order chi connectivity index (χ0) is 20.5. The Morgan fingerprint density at radius 1 is 1.14 bits per heavy atom. The zero-order valence-corrected chi connectivity index (χ0v) is 16.7. The van der Waals surface area contributed by atoms with Crippen molar-refractivity contribution in [3.63, 3.8) is 0 Å². The average molecular weight is 406 g/mol. The zero-order valence-electron chi connectivity index (χ0n) is 15.9. The number of rotatable bonds is 5. The Balaban J connectivity index is 1.81. The molecule has 0 aliphatic carbocycles. The number of aryl methyl sites for hydroxylation is 2. The number of Topliss-reactive ketones (excluding diaryl/α,β-unsaturated/α-hetero) is 1. The van der Waals surface area contributed by atoms with Crippen LogP contribution in [0.25, 0.3) is 0 Å². The van der Waals surface area contributed by atoms with Crippen LogP contribution in [0.2, 0.25) is 0 Å². The van der Waals surface area contributed by atoms with E-state index in [0.717, 1.165) is 5.01 Å². The highest BCUT2D eigenvalue weighted by Gasteiger charge is 2.45. The first-order valence-corrected chi connectivity index (χ1v) is 9.82. The topological polar surface area (TPSA) is 96.3 Å². The van der Waals surface area contributed by atoms with E-state index in [9.17, 15) is 14.7 Å². The van der Waals surface area contributed by atoms with E-state index in [-0.39, 0.29) is 12.1 Å². The van der Waals surface area contributed by atoms with Crippen LogP contribution in [0.3, 0.4) is 0 Å². The van der Waals surface area contributed by atoms with Crippen LogP contribution < -0.4 is 0 Å². The van der Waals surface area contributed by atoms with Crippen LogP contribution in [0.1, 0.15) is 37.8 Å². The minimum Gasteiger partial charge on any atom is -0.503 e. The molecule has 3 aromatic rings. The fraction of sp³-hybridized carbons (Fsp3) is 0.190. The van der Waals surface area contributed by atoms with Gasteiger partial charge in [0.2, 0.25) is 5.78 Å². The van der Waals surface area contributed by atoms with Gasteiger partial charge in [-0.15, -0.1) is 11.3 Å². The Hall–Kier alpha value is -3.39. The summed E-state index contributed by atoms with van der Waals surface area (Å²) in [6, 6.07) is 9.86. The summed E-state index contributed by atoms with van der Waals surface area (Å²) in [5.41, 5.74) is 1.75.